The van der Waals surface area contributed by atoms with Crippen molar-refractivity contribution in [3.05, 3.63) is 29.3 Å². The summed E-state index contributed by atoms with van der Waals surface area (Å²) in [5, 5.41) is 8.95. The van der Waals surface area contributed by atoms with E-state index in [1.807, 2.05) is 6.92 Å². The minimum Gasteiger partial charge on any atom is -0.497 e. The molecule has 108 valence electrons. The fourth-order valence-corrected chi connectivity index (χ4v) is 2.16. The van der Waals surface area contributed by atoms with E-state index in [9.17, 15) is 9.59 Å². The zero-order chi connectivity index (χ0) is 14.7. The smallest absolute Gasteiger partial charge is 0.334 e. The molecule has 1 fully saturated rings. The Morgan fingerprint density at radius 3 is 2.80 bits per heavy atom. The van der Waals surface area contributed by atoms with Crippen molar-refractivity contribution in [3.8, 4) is 5.75 Å². The van der Waals surface area contributed by atoms with Crippen LogP contribution in [-0.2, 0) is 9.53 Å². The maximum atomic E-state index is 12.4. The van der Waals surface area contributed by atoms with Crippen molar-refractivity contribution in [2.75, 3.05) is 26.8 Å². The largest absolute Gasteiger partial charge is 0.497 e. The molecule has 1 amide bonds. The third-order valence-corrected chi connectivity index (χ3v) is 3.29. The molecule has 2 rings (SSSR count). The SMILES string of the molecule is COc1ccc(C(=O)N2CCOC(C(=O)O)C2)c(C)c1. The molecule has 1 saturated heterocycles. The number of carbonyl (C=O) groups is 2. The van der Waals surface area contributed by atoms with Crippen LogP contribution in [0.15, 0.2) is 18.2 Å². The van der Waals surface area contributed by atoms with E-state index in [1.54, 1.807) is 25.3 Å². The van der Waals surface area contributed by atoms with Crippen LogP contribution in [0.2, 0.25) is 0 Å². The Balaban J connectivity index is 2.16. The minimum atomic E-state index is -1.05. The normalized spacial score (nSPS) is 18.7. The number of carboxylic acid groups (broad SMARTS) is 1. The van der Waals surface area contributed by atoms with Crippen molar-refractivity contribution in [1.29, 1.82) is 0 Å². The summed E-state index contributed by atoms with van der Waals surface area (Å²) in [5.74, 6) is -0.543. The number of aliphatic carboxylic acids is 1. The van der Waals surface area contributed by atoms with Gasteiger partial charge in [0.25, 0.3) is 5.91 Å². The molecule has 0 bridgehead atoms. The van der Waals surface area contributed by atoms with Crippen molar-refractivity contribution in [2.24, 2.45) is 0 Å². The Kier molecular flexibility index (Phi) is 4.24. The Bertz CT molecular complexity index is 528. The Labute approximate surface area is 116 Å². The number of rotatable bonds is 3. The zero-order valence-corrected chi connectivity index (χ0v) is 11.5. The maximum absolute atomic E-state index is 12.4. The van der Waals surface area contributed by atoms with Gasteiger partial charge < -0.3 is 19.5 Å². The van der Waals surface area contributed by atoms with Crippen LogP contribution in [0.4, 0.5) is 0 Å². The Morgan fingerprint density at radius 1 is 1.45 bits per heavy atom. The van der Waals surface area contributed by atoms with Crippen LogP contribution >= 0.6 is 0 Å². The highest BCUT2D eigenvalue weighted by Crippen LogP contribution is 2.19. The van der Waals surface area contributed by atoms with E-state index in [4.69, 9.17) is 14.6 Å². The monoisotopic (exact) mass is 279 g/mol. The van der Waals surface area contributed by atoms with Gasteiger partial charge in [0.1, 0.15) is 5.75 Å². The first-order chi connectivity index (χ1) is 9.52. The summed E-state index contributed by atoms with van der Waals surface area (Å²) in [4.78, 5) is 24.9. The standard InChI is InChI=1S/C14H17NO5/c1-9-7-10(19-2)3-4-11(9)13(16)15-5-6-20-12(8-15)14(17)18/h3-4,7,12H,5-6,8H2,1-2H3,(H,17,18). The predicted octanol–water partition coefficient (Wildman–Crippen LogP) is 0.929. The number of nitrogens with zero attached hydrogens (tertiary/aromatic N) is 1. The molecule has 1 unspecified atom stereocenters. The van der Waals surface area contributed by atoms with Crippen LogP contribution < -0.4 is 4.74 Å². The summed E-state index contributed by atoms with van der Waals surface area (Å²) in [6, 6.07) is 5.19. The fourth-order valence-electron chi connectivity index (χ4n) is 2.16. The molecule has 6 heteroatoms. The van der Waals surface area contributed by atoms with Crippen LogP contribution in [0, 0.1) is 6.92 Å². The topological polar surface area (TPSA) is 76.1 Å². The highest BCUT2D eigenvalue weighted by atomic mass is 16.5. The van der Waals surface area contributed by atoms with E-state index in [-0.39, 0.29) is 19.1 Å². The minimum absolute atomic E-state index is 0.0691. The summed E-state index contributed by atoms with van der Waals surface area (Å²) in [6.07, 6.45) is -0.953. The molecule has 1 heterocycles. The van der Waals surface area contributed by atoms with E-state index in [1.165, 1.54) is 4.90 Å². The van der Waals surface area contributed by atoms with Gasteiger partial charge in [-0.3, -0.25) is 4.79 Å². The van der Waals surface area contributed by atoms with Gasteiger partial charge in [0, 0.05) is 12.1 Å². The quantitative estimate of drug-likeness (QED) is 0.890. The van der Waals surface area contributed by atoms with E-state index in [0.717, 1.165) is 5.56 Å². The molecular formula is C14H17NO5. The van der Waals surface area contributed by atoms with E-state index >= 15 is 0 Å². The number of carboxylic acids is 1. The first kappa shape index (κ1) is 14.3. The number of methoxy groups -OCH3 is 1. The number of morpholine rings is 1. The average Bonchev–Trinajstić information content (AvgIpc) is 2.46. The molecule has 0 spiro atoms. The third-order valence-electron chi connectivity index (χ3n) is 3.29. The molecule has 1 atom stereocenters. The van der Waals surface area contributed by atoms with Crippen molar-refractivity contribution < 1.29 is 24.2 Å². The molecule has 0 saturated carbocycles. The van der Waals surface area contributed by atoms with E-state index in [2.05, 4.69) is 0 Å². The van der Waals surface area contributed by atoms with Crippen LogP contribution in [0.25, 0.3) is 0 Å². The molecule has 1 aliphatic rings. The molecule has 0 radical (unpaired) electrons. The molecule has 1 aliphatic heterocycles. The number of carbonyl (C=O) groups excluding carboxylic acids is 1. The lowest BCUT2D eigenvalue weighted by atomic mass is 10.1. The molecule has 0 aromatic heterocycles. The lowest BCUT2D eigenvalue weighted by molar-refractivity contribution is -0.154. The van der Waals surface area contributed by atoms with Gasteiger partial charge in [0.15, 0.2) is 6.10 Å². The number of ether oxygens (including phenoxy) is 2. The Hall–Kier alpha value is -2.08. The van der Waals surface area contributed by atoms with Gasteiger partial charge in [0.05, 0.1) is 20.3 Å². The number of hydrogen-bond donors (Lipinski definition) is 1. The lowest BCUT2D eigenvalue weighted by Crippen LogP contribution is -2.48. The first-order valence-electron chi connectivity index (χ1n) is 6.31. The number of benzene rings is 1. The van der Waals surface area contributed by atoms with Gasteiger partial charge in [-0.25, -0.2) is 4.79 Å². The average molecular weight is 279 g/mol. The van der Waals surface area contributed by atoms with Gasteiger partial charge in [0.2, 0.25) is 0 Å². The summed E-state index contributed by atoms with van der Waals surface area (Å²) in [7, 11) is 1.57. The second-order valence-corrected chi connectivity index (χ2v) is 4.63. The number of hydrogen-bond acceptors (Lipinski definition) is 4. The molecule has 20 heavy (non-hydrogen) atoms. The van der Waals surface area contributed by atoms with Gasteiger partial charge in [-0.05, 0) is 30.7 Å². The van der Waals surface area contributed by atoms with Crippen LogP contribution in [0.3, 0.4) is 0 Å². The van der Waals surface area contributed by atoms with Gasteiger partial charge in [-0.2, -0.15) is 0 Å². The van der Waals surface area contributed by atoms with E-state index in [0.29, 0.717) is 17.9 Å². The lowest BCUT2D eigenvalue weighted by Gasteiger charge is -2.31. The van der Waals surface area contributed by atoms with Gasteiger partial charge in [-0.1, -0.05) is 0 Å². The zero-order valence-electron chi connectivity index (χ0n) is 11.5. The van der Waals surface area contributed by atoms with Crippen molar-refractivity contribution >= 4 is 11.9 Å². The second-order valence-electron chi connectivity index (χ2n) is 4.63. The summed E-state index contributed by atoms with van der Waals surface area (Å²) >= 11 is 0. The molecule has 6 nitrogen and oxygen atoms in total. The summed E-state index contributed by atoms with van der Waals surface area (Å²) < 4.78 is 10.2. The summed E-state index contributed by atoms with van der Waals surface area (Å²) in [6.45, 7) is 2.52. The summed E-state index contributed by atoms with van der Waals surface area (Å²) in [5.41, 5.74) is 1.35. The van der Waals surface area contributed by atoms with Crippen LogP contribution in [0.5, 0.6) is 5.75 Å². The highest BCUT2D eigenvalue weighted by molar-refractivity contribution is 5.96. The number of aryl methyl sites for hydroxylation is 1. The van der Waals surface area contributed by atoms with Crippen molar-refractivity contribution in [1.82, 2.24) is 4.90 Å². The first-order valence-corrected chi connectivity index (χ1v) is 6.31. The fraction of sp³-hybridized carbons (Fsp3) is 0.429. The second kappa shape index (κ2) is 5.92. The van der Waals surface area contributed by atoms with Crippen LogP contribution in [-0.4, -0.2) is 54.8 Å². The highest BCUT2D eigenvalue weighted by Gasteiger charge is 2.29. The van der Waals surface area contributed by atoms with Gasteiger partial charge >= 0.3 is 5.97 Å². The molecule has 0 aliphatic carbocycles. The molecular weight excluding hydrogens is 262 g/mol. The van der Waals surface area contributed by atoms with E-state index < -0.39 is 12.1 Å². The Morgan fingerprint density at radius 2 is 2.20 bits per heavy atom. The molecule has 1 aromatic rings. The number of amides is 1. The van der Waals surface area contributed by atoms with Crippen molar-refractivity contribution in [3.63, 3.8) is 0 Å². The maximum Gasteiger partial charge on any atom is 0.334 e. The van der Waals surface area contributed by atoms with Crippen molar-refractivity contribution in [2.45, 2.75) is 13.0 Å². The van der Waals surface area contributed by atoms with Gasteiger partial charge in [-0.15, -0.1) is 0 Å². The molecule has 1 N–H and O–H groups in total. The predicted molar refractivity (Wildman–Crippen MR) is 71.0 cm³/mol. The molecule has 1 aromatic carbocycles. The third kappa shape index (κ3) is 2.91. The van der Waals surface area contributed by atoms with Crippen LogP contribution in [0.1, 0.15) is 15.9 Å².